The number of thiophene rings is 1. The highest BCUT2D eigenvalue weighted by Crippen LogP contribution is 2.23. The maximum Gasteiger partial charge on any atom is 0.0304 e. The van der Waals surface area contributed by atoms with Crippen LogP contribution in [-0.4, -0.2) is 18.6 Å². The van der Waals surface area contributed by atoms with Gasteiger partial charge in [-0.1, -0.05) is 6.92 Å². The van der Waals surface area contributed by atoms with Gasteiger partial charge < -0.3 is 10.6 Å². The molecule has 0 amide bonds. The van der Waals surface area contributed by atoms with Crippen molar-refractivity contribution in [3.63, 3.8) is 0 Å². The first kappa shape index (κ1) is 12.6. The van der Waals surface area contributed by atoms with Crippen molar-refractivity contribution in [2.24, 2.45) is 0 Å². The molecular weight excluding hydrogens is 284 g/mol. The van der Waals surface area contributed by atoms with E-state index in [2.05, 4.69) is 44.9 Å². The van der Waals surface area contributed by atoms with Gasteiger partial charge in [0.15, 0.2) is 0 Å². The number of hydrogen-bond donors (Lipinski definition) is 2. The summed E-state index contributed by atoms with van der Waals surface area (Å²) in [4.78, 5) is 1.40. The molecule has 1 aromatic rings. The SMILES string of the molecule is CCC1(CNCc2cc(Br)cs2)CCCN1. The van der Waals surface area contributed by atoms with Crippen LogP contribution in [0.5, 0.6) is 0 Å². The van der Waals surface area contributed by atoms with Crippen molar-refractivity contribution in [3.8, 4) is 0 Å². The number of hydrogen-bond acceptors (Lipinski definition) is 3. The summed E-state index contributed by atoms with van der Waals surface area (Å²) >= 11 is 5.29. The normalized spacial score (nSPS) is 25.1. The average molecular weight is 303 g/mol. The minimum absolute atomic E-state index is 0.356. The van der Waals surface area contributed by atoms with Crippen LogP contribution in [0, 0.1) is 0 Å². The summed E-state index contributed by atoms with van der Waals surface area (Å²) in [6, 6.07) is 2.19. The Kier molecular flexibility index (Phi) is 4.41. The smallest absolute Gasteiger partial charge is 0.0304 e. The second kappa shape index (κ2) is 5.63. The van der Waals surface area contributed by atoms with Gasteiger partial charge in [-0.25, -0.2) is 0 Å². The maximum absolute atomic E-state index is 3.64. The van der Waals surface area contributed by atoms with Crippen LogP contribution in [0.3, 0.4) is 0 Å². The standard InChI is InChI=1S/C12H19BrN2S/c1-2-12(4-3-5-15-12)9-14-7-11-6-10(13)8-16-11/h6,8,14-15H,2-5,7,9H2,1H3. The number of rotatable bonds is 5. The lowest BCUT2D eigenvalue weighted by atomic mass is 9.94. The predicted octanol–water partition coefficient (Wildman–Crippen LogP) is 3.13. The topological polar surface area (TPSA) is 24.1 Å². The van der Waals surface area contributed by atoms with E-state index in [-0.39, 0.29) is 0 Å². The van der Waals surface area contributed by atoms with Gasteiger partial charge in [0.25, 0.3) is 0 Å². The van der Waals surface area contributed by atoms with E-state index in [0.717, 1.165) is 13.1 Å². The molecule has 1 aliphatic heterocycles. The molecule has 2 rings (SSSR count). The van der Waals surface area contributed by atoms with Crippen LogP contribution < -0.4 is 10.6 Å². The zero-order chi connectivity index (χ0) is 11.4. The highest BCUT2D eigenvalue weighted by atomic mass is 79.9. The molecule has 1 fully saturated rings. The Morgan fingerprint density at radius 3 is 3.06 bits per heavy atom. The third kappa shape index (κ3) is 3.06. The average Bonchev–Trinajstić information content (AvgIpc) is 2.89. The van der Waals surface area contributed by atoms with E-state index < -0.39 is 0 Å². The summed E-state index contributed by atoms with van der Waals surface area (Å²) in [5, 5.41) is 9.36. The fourth-order valence-corrected chi connectivity index (χ4v) is 3.74. The Morgan fingerprint density at radius 2 is 2.50 bits per heavy atom. The summed E-state index contributed by atoms with van der Waals surface area (Å²) in [5.74, 6) is 0. The van der Waals surface area contributed by atoms with Crippen LogP contribution in [0.15, 0.2) is 15.9 Å². The molecule has 1 aromatic heterocycles. The quantitative estimate of drug-likeness (QED) is 0.873. The second-order valence-corrected chi connectivity index (χ2v) is 6.41. The Bertz CT molecular complexity index is 332. The van der Waals surface area contributed by atoms with E-state index in [1.165, 1.54) is 35.2 Å². The molecule has 4 heteroatoms. The lowest BCUT2D eigenvalue weighted by Gasteiger charge is -2.28. The maximum atomic E-state index is 3.64. The molecule has 0 aliphatic carbocycles. The van der Waals surface area contributed by atoms with E-state index >= 15 is 0 Å². The zero-order valence-corrected chi connectivity index (χ0v) is 12.1. The van der Waals surface area contributed by atoms with E-state index in [9.17, 15) is 0 Å². The molecule has 0 saturated carbocycles. The van der Waals surface area contributed by atoms with E-state index in [1.807, 2.05) is 11.3 Å². The Labute approximate surface area is 110 Å². The van der Waals surface area contributed by atoms with Crippen molar-refractivity contribution in [2.45, 2.75) is 38.3 Å². The predicted molar refractivity (Wildman–Crippen MR) is 74.0 cm³/mol. The Hall–Kier alpha value is 0.1000. The largest absolute Gasteiger partial charge is 0.310 e. The van der Waals surface area contributed by atoms with Gasteiger partial charge in [-0.3, -0.25) is 0 Å². The minimum Gasteiger partial charge on any atom is -0.310 e. The van der Waals surface area contributed by atoms with Gasteiger partial charge in [-0.2, -0.15) is 0 Å². The fraction of sp³-hybridized carbons (Fsp3) is 0.667. The molecule has 2 heterocycles. The Balaban J connectivity index is 1.78. The van der Waals surface area contributed by atoms with E-state index in [4.69, 9.17) is 0 Å². The van der Waals surface area contributed by atoms with E-state index in [0.29, 0.717) is 5.54 Å². The Morgan fingerprint density at radius 1 is 1.62 bits per heavy atom. The summed E-state index contributed by atoms with van der Waals surface area (Å²) in [6.45, 7) is 5.53. The van der Waals surface area contributed by atoms with Gasteiger partial charge in [0, 0.05) is 33.4 Å². The molecule has 1 atom stereocenters. The van der Waals surface area contributed by atoms with Crippen molar-refractivity contribution in [3.05, 3.63) is 20.8 Å². The van der Waals surface area contributed by atoms with Crippen LogP contribution in [0.2, 0.25) is 0 Å². The summed E-state index contributed by atoms with van der Waals surface area (Å²) in [6.07, 6.45) is 3.85. The molecule has 1 unspecified atom stereocenters. The van der Waals surface area contributed by atoms with Crippen molar-refractivity contribution in [1.82, 2.24) is 10.6 Å². The van der Waals surface area contributed by atoms with Gasteiger partial charge >= 0.3 is 0 Å². The van der Waals surface area contributed by atoms with Gasteiger partial charge in [0.05, 0.1) is 0 Å². The summed E-state index contributed by atoms with van der Waals surface area (Å²) < 4.78 is 1.19. The van der Waals surface area contributed by atoms with Gasteiger partial charge in [0.1, 0.15) is 0 Å². The molecule has 1 saturated heterocycles. The highest BCUT2D eigenvalue weighted by Gasteiger charge is 2.30. The molecule has 0 bridgehead atoms. The number of nitrogens with one attached hydrogen (secondary N) is 2. The van der Waals surface area contributed by atoms with Crippen LogP contribution >= 0.6 is 27.3 Å². The number of halogens is 1. The first-order valence-corrected chi connectivity index (χ1v) is 7.60. The van der Waals surface area contributed by atoms with Crippen molar-refractivity contribution >= 4 is 27.3 Å². The molecule has 90 valence electrons. The molecule has 16 heavy (non-hydrogen) atoms. The van der Waals surface area contributed by atoms with Crippen LogP contribution in [0.4, 0.5) is 0 Å². The van der Waals surface area contributed by atoms with Crippen LogP contribution in [-0.2, 0) is 6.54 Å². The van der Waals surface area contributed by atoms with Gasteiger partial charge in [-0.05, 0) is 47.8 Å². The molecule has 2 nitrogen and oxygen atoms in total. The summed E-state index contributed by atoms with van der Waals surface area (Å²) in [5.41, 5.74) is 0.356. The fourth-order valence-electron chi connectivity index (χ4n) is 2.32. The lowest BCUT2D eigenvalue weighted by molar-refractivity contribution is 0.340. The first-order chi connectivity index (χ1) is 7.74. The van der Waals surface area contributed by atoms with Crippen LogP contribution in [0.25, 0.3) is 0 Å². The third-order valence-electron chi connectivity index (χ3n) is 3.39. The van der Waals surface area contributed by atoms with Gasteiger partial charge in [0.2, 0.25) is 0 Å². The molecule has 0 aromatic carbocycles. The van der Waals surface area contributed by atoms with Crippen molar-refractivity contribution < 1.29 is 0 Å². The first-order valence-electron chi connectivity index (χ1n) is 5.93. The van der Waals surface area contributed by atoms with E-state index in [1.54, 1.807) is 0 Å². The lowest BCUT2D eigenvalue weighted by Crippen LogP contribution is -2.47. The second-order valence-electron chi connectivity index (χ2n) is 4.50. The highest BCUT2D eigenvalue weighted by molar-refractivity contribution is 9.10. The molecule has 1 aliphatic rings. The van der Waals surface area contributed by atoms with Crippen molar-refractivity contribution in [2.75, 3.05) is 13.1 Å². The molecule has 0 spiro atoms. The van der Waals surface area contributed by atoms with Crippen molar-refractivity contribution in [1.29, 1.82) is 0 Å². The third-order valence-corrected chi connectivity index (χ3v) is 5.09. The molecule has 0 radical (unpaired) electrons. The molecular formula is C12H19BrN2S. The zero-order valence-electron chi connectivity index (χ0n) is 9.68. The molecule has 2 N–H and O–H groups in total. The minimum atomic E-state index is 0.356. The summed E-state index contributed by atoms with van der Waals surface area (Å²) in [7, 11) is 0. The van der Waals surface area contributed by atoms with Gasteiger partial charge in [-0.15, -0.1) is 11.3 Å². The van der Waals surface area contributed by atoms with Crippen LogP contribution in [0.1, 0.15) is 31.1 Å². The monoisotopic (exact) mass is 302 g/mol.